The highest BCUT2D eigenvalue weighted by Gasteiger charge is 2.48. The minimum absolute atomic E-state index is 0.0801. The lowest BCUT2D eigenvalue weighted by Crippen LogP contribution is -2.35. The van der Waals surface area contributed by atoms with Crippen molar-refractivity contribution in [3.63, 3.8) is 0 Å². The van der Waals surface area contributed by atoms with E-state index in [0.717, 1.165) is 28.0 Å². The number of ether oxygens (including phenoxy) is 1. The minimum Gasteiger partial charge on any atom is -0.462 e. The second kappa shape index (κ2) is 9.44. The van der Waals surface area contributed by atoms with Gasteiger partial charge in [0.1, 0.15) is 15.8 Å². The van der Waals surface area contributed by atoms with Crippen molar-refractivity contribution < 1.29 is 27.5 Å². The number of fused-ring (bicyclic) bond motifs is 2. The highest BCUT2D eigenvalue weighted by Crippen LogP contribution is 2.46. The second-order valence-electron chi connectivity index (χ2n) is 8.59. The van der Waals surface area contributed by atoms with E-state index in [1.165, 1.54) is 11.3 Å². The molecule has 1 aliphatic carbocycles. The molecule has 36 heavy (non-hydrogen) atoms. The Morgan fingerprint density at radius 1 is 1.28 bits per heavy atom. The maximum absolute atomic E-state index is 14.0. The van der Waals surface area contributed by atoms with Crippen molar-refractivity contribution in [2.45, 2.75) is 50.9 Å². The number of halogens is 4. The van der Waals surface area contributed by atoms with Crippen LogP contribution in [0.3, 0.4) is 0 Å². The van der Waals surface area contributed by atoms with Gasteiger partial charge in [0.05, 0.1) is 18.2 Å². The van der Waals surface area contributed by atoms with Gasteiger partial charge in [-0.3, -0.25) is 4.79 Å². The number of hydrogen-bond acceptors (Lipinski definition) is 6. The highest BCUT2D eigenvalue weighted by atomic mass is 35.5. The van der Waals surface area contributed by atoms with Crippen LogP contribution >= 0.6 is 22.9 Å². The molecule has 2 atom stereocenters. The normalized spacial score (nSPS) is 18.8. The van der Waals surface area contributed by atoms with E-state index in [9.17, 15) is 22.8 Å². The largest absolute Gasteiger partial charge is 0.462 e. The van der Waals surface area contributed by atoms with Gasteiger partial charge in [0.15, 0.2) is 11.7 Å². The zero-order valence-corrected chi connectivity index (χ0v) is 20.7. The van der Waals surface area contributed by atoms with Gasteiger partial charge in [-0.05, 0) is 37.3 Å². The molecular formula is C24H22ClF3N4O3S. The van der Waals surface area contributed by atoms with Crippen LogP contribution < -0.4 is 10.6 Å². The van der Waals surface area contributed by atoms with Gasteiger partial charge in [0.2, 0.25) is 0 Å². The number of aromatic nitrogens is 2. The van der Waals surface area contributed by atoms with E-state index in [0.29, 0.717) is 17.5 Å². The fourth-order valence-electron chi connectivity index (χ4n) is 4.71. The first-order chi connectivity index (χ1) is 17.2. The fraction of sp³-hybridized carbons (Fsp3) is 0.375. The van der Waals surface area contributed by atoms with Crippen LogP contribution in [-0.4, -0.2) is 34.4 Å². The summed E-state index contributed by atoms with van der Waals surface area (Å²) in [5.41, 5.74) is 1.44. The topological polar surface area (TPSA) is 85.2 Å². The van der Waals surface area contributed by atoms with Crippen LogP contribution in [0.2, 0.25) is 5.02 Å². The molecule has 0 spiro atoms. The van der Waals surface area contributed by atoms with E-state index in [1.54, 1.807) is 37.3 Å². The van der Waals surface area contributed by atoms with E-state index >= 15 is 0 Å². The third kappa shape index (κ3) is 4.34. The van der Waals surface area contributed by atoms with E-state index in [1.807, 2.05) is 0 Å². The Kier molecular flexibility index (Phi) is 6.46. The first-order valence-corrected chi connectivity index (χ1v) is 12.7. The van der Waals surface area contributed by atoms with Crippen LogP contribution in [0, 0.1) is 0 Å². The predicted molar refractivity (Wildman–Crippen MR) is 130 cm³/mol. The lowest BCUT2D eigenvalue weighted by Gasteiger charge is -2.33. The summed E-state index contributed by atoms with van der Waals surface area (Å²) in [5, 5.41) is 9.71. The Hall–Kier alpha value is -3.05. The molecule has 2 aliphatic rings. The molecule has 5 rings (SSSR count). The third-order valence-electron chi connectivity index (χ3n) is 6.34. The number of rotatable bonds is 5. The van der Waals surface area contributed by atoms with Crippen LogP contribution in [0.15, 0.2) is 30.3 Å². The molecule has 1 amide bonds. The summed E-state index contributed by atoms with van der Waals surface area (Å²) < 4.78 is 48.0. The Labute approximate surface area is 213 Å². The van der Waals surface area contributed by atoms with Gasteiger partial charge in [-0.2, -0.15) is 18.3 Å². The predicted octanol–water partition coefficient (Wildman–Crippen LogP) is 6.18. The molecule has 3 heterocycles. The maximum atomic E-state index is 14.0. The highest BCUT2D eigenvalue weighted by molar-refractivity contribution is 7.17. The van der Waals surface area contributed by atoms with Gasteiger partial charge < -0.3 is 15.4 Å². The molecule has 3 aromatic rings. The van der Waals surface area contributed by atoms with E-state index in [2.05, 4.69) is 15.7 Å². The summed E-state index contributed by atoms with van der Waals surface area (Å²) in [6, 6.07) is 6.07. The molecule has 0 saturated carbocycles. The molecule has 0 radical (unpaired) electrons. The Balaban J connectivity index is 1.49. The maximum Gasteiger partial charge on any atom is 0.410 e. The van der Waals surface area contributed by atoms with Crippen molar-refractivity contribution in [3.8, 4) is 0 Å². The van der Waals surface area contributed by atoms with Crippen molar-refractivity contribution in [2.24, 2.45) is 0 Å². The van der Waals surface area contributed by atoms with Gasteiger partial charge >= 0.3 is 12.1 Å². The van der Waals surface area contributed by atoms with E-state index in [4.69, 9.17) is 16.3 Å². The number of amides is 1. The van der Waals surface area contributed by atoms with E-state index in [-0.39, 0.29) is 34.6 Å². The molecule has 0 bridgehead atoms. The third-order valence-corrected chi connectivity index (χ3v) is 7.91. The summed E-state index contributed by atoms with van der Waals surface area (Å²) in [5.74, 6) is -1.43. The number of carbonyl (C=O) groups is 2. The monoisotopic (exact) mass is 538 g/mol. The fourth-order valence-corrected chi connectivity index (χ4v) is 6.25. The van der Waals surface area contributed by atoms with Gasteiger partial charge in [0, 0.05) is 11.3 Å². The summed E-state index contributed by atoms with van der Waals surface area (Å²) in [6.45, 7) is 1.86. The number of nitrogens with zero attached hydrogens (tertiary/aromatic N) is 2. The molecule has 190 valence electrons. The Bertz CT molecular complexity index is 1320. The van der Waals surface area contributed by atoms with Gasteiger partial charge in [0.25, 0.3) is 5.91 Å². The molecule has 0 unspecified atom stereocenters. The quantitative estimate of drug-likeness (QED) is 0.379. The van der Waals surface area contributed by atoms with Crippen LogP contribution in [0.4, 0.5) is 24.0 Å². The standard InChI is InChI=1S/C24H22ClF3N4O3S/c1-2-35-23(34)17-13-9-6-10-15(13)36-22(17)30-21(33)19-18(25)20-29-14(12-7-4-3-5-8-12)11-16(24(26,27)28)32(20)31-19/h3-5,7-8,14,16,29H,2,6,9-11H2,1H3,(H,30,33)/t14-,16+/m0/s1. The number of aryl methyl sites for hydroxylation is 1. The molecule has 2 N–H and O–H groups in total. The molecule has 0 saturated heterocycles. The zero-order valence-electron chi connectivity index (χ0n) is 19.1. The smallest absolute Gasteiger partial charge is 0.410 e. The Morgan fingerprint density at radius 3 is 2.72 bits per heavy atom. The number of thiophene rings is 1. The molecular weight excluding hydrogens is 517 g/mol. The zero-order chi connectivity index (χ0) is 25.6. The molecule has 0 fully saturated rings. The number of nitrogens with one attached hydrogen (secondary N) is 2. The number of esters is 1. The van der Waals surface area contributed by atoms with Crippen molar-refractivity contribution in [1.29, 1.82) is 0 Å². The summed E-state index contributed by atoms with van der Waals surface area (Å²) in [7, 11) is 0. The minimum atomic E-state index is -4.61. The molecule has 1 aliphatic heterocycles. The number of alkyl halides is 3. The average Bonchev–Trinajstić information content (AvgIpc) is 3.51. The summed E-state index contributed by atoms with van der Waals surface area (Å²) >= 11 is 7.70. The van der Waals surface area contributed by atoms with Crippen molar-refractivity contribution in [3.05, 3.63) is 62.6 Å². The average molecular weight is 539 g/mol. The van der Waals surface area contributed by atoms with Gasteiger partial charge in [-0.1, -0.05) is 41.9 Å². The van der Waals surface area contributed by atoms with Crippen LogP contribution in [-0.2, 0) is 17.6 Å². The lowest BCUT2D eigenvalue weighted by atomic mass is 9.97. The first-order valence-electron chi connectivity index (χ1n) is 11.5. The molecule has 7 nitrogen and oxygen atoms in total. The first kappa shape index (κ1) is 24.6. The number of benzene rings is 1. The molecule has 2 aromatic heterocycles. The summed E-state index contributed by atoms with van der Waals surface area (Å²) in [4.78, 5) is 26.8. The number of anilines is 2. The SMILES string of the molecule is CCOC(=O)c1c(NC(=O)c2nn3c(c2Cl)N[C@H](c2ccccc2)C[C@@H]3C(F)(F)F)sc2c1CCC2. The summed E-state index contributed by atoms with van der Waals surface area (Å²) in [6.07, 6.45) is -2.56. The van der Waals surface area contributed by atoms with Gasteiger partial charge in [-0.15, -0.1) is 11.3 Å². The van der Waals surface area contributed by atoms with Gasteiger partial charge in [-0.25, -0.2) is 9.48 Å². The second-order valence-corrected chi connectivity index (χ2v) is 10.1. The molecule has 1 aromatic carbocycles. The van der Waals surface area contributed by atoms with E-state index < -0.39 is 30.1 Å². The van der Waals surface area contributed by atoms with Crippen molar-refractivity contribution >= 4 is 45.6 Å². The van der Waals surface area contributed by atoms with Crippen LogP contribution in [0.5, 0.6) is 0 Å². The van der Waals surface area contributed by atoms with Crippen molar-refractivity contribution in [1.82, 2.24) is 9.78 Å². The number of carbonyl (C=O) groups excluding carboxylic acids is 2. The van der Waals surface area contributed by atoms with Crippen molar-refractivity contribution in [2.75, 3.05) is 17.2 Å². The van der Waals surface area contributed by atoms with Crippen LogP contribution in [0.25, 0.3) is 0 Å². The lowest BCUT2D eigenvalue weighted by molar-refractivity contribution is -0.173. The molecule has 12 heteroatoms. The Morgan fingerprint density at radius 2 is 2.03 bits per heavy atom. The number of hydrogen-bond donors (Lipinski definition) is 2. The van der Waals surface area contributed by atoms with Crippen LogP contribution in [0.1, 0.15) is 68.7 Å².